The van der Waals surface area contributed by atoms with Gasteiger partial charge in [-0.25, -0.2) is 9.97 Å². The van der Waals surface area contributed by atoms with Crippen LogP contribution in [0.4, 0.5) is 0 Å². The molecule has 0 amide bonds. The highest BCUT2D eigenvalue weighted by Crippen LogP contribution is 2.06. The van der Waals surface area contributed by atoms with Crippen molar-refractivity contribution in [3.05, 3.63) is 42.6 Å². The lowest BCUT2D eigenvalue weighted by molar-refractivity contribution is 0.217. The second kappa shape index (κ2) is 5.56. The summed E-state index contributed by atoms with van der Waals surface area (Å²) in [5, 5.41) is 8.82. The summed E-state index contributed by atoms with van der Waals surface area (Å²) in [5.74, 6) is 0.857. The summed E-state index contributed by atoms with van der Waals surface area (Å²) in [5.41, 5.74) is 1.13. The summed E-state index contributed by atoms with van der Waals surface area (Å²) in [7, 11) is 1.97. The van der Waals surface area contributed by atoms with E-state index < -0.39 is 0 Å². The van der Waals surface area contributed by atoms with E-state index in [0.29, 0.717) is 6.54 Å². The number of pyridine rings is 1. The molecule has 0 fully saturated rings. The van der Waals surface area contributed by atoms with Gasteiger partial charge in [-0.2, -0.15) is 0 Å². The van der Waals surface area contributed by atoms with Crippen LogP contribution in [0.3, 0.4) is 0 Å². The van der Waals surface area contributed by atoms with Gasteiger partial charge in [0.1, 0.15) is 12.1 Å². The second-order valence-corrected chi connectivity index (χ2v) is 3.96. The molecule has 0 saturated heterocycles. The largest absolute Gasteiger partial charge is 0.395 e. The van der Waals surface area contributed by atoms with Crippen molar-refractivity contribution in [2.75, 3.05) is 20.2 Å². The third kappa shape index (κ3) is 3.12. The Bertz CT molecular complexity index is 438. The van der Waals surface area contributed by atoms with Gasteiger partial charge in [-0.15, -0.1) is 0 Å². The number of hydrogen-bond donors (Lipinski definition) is 1. The molecule has 0 bridgehead atoms. The highest BCUT2D eigenvalue weighted by molar-refractivity contribution is 5.25. The fourth-order valence-corrected chi connectivity index (χ4v) is 1.62. The van der Waals surface area contributed by atoms with Crippen molar-refractivity contribution in [1.29, 1.82) is 0 Å². The molecule has 2 rings (SSSR count). The van der Waals surface area contributed by atoms with Crippen molar-refractivity contribution in [1.82, 2.24) is 19.4 Å². The summed E-state index contributed by atoms with van der Waals surface area (Å²) in [6.07, 6.45) is 7.16. The van der Waals surface area contributed by atoms with Crippen LogP contribution < -0.4 is 0 Å². The van der Waals surface area contributed by atoms with Gasteiger partial charge in [0.15, 0.2) is 0 Å². The smallest absolute Gasteiger partial charge is 0.137 e. The lowest BCUT2D eigenvalue weighted by Gasteiger charge is -2.14. The quantitative estimate of drug-likeness (QED) is 0.824. The van der Waals surface area contributed by atoms with E-state index in [0.717, 1.165) is 17.9 Å². The molecule has 5 nitrogen and oxygen atoms in total. The summed E-state index contributed by atoms with van der Waals surface area (Å²) < 4.78 is 1.86. The number of hydrogen-bond acceptors (Lipinski definition) is 4. The minimum atomic E-state index is 0.178. The zero-order valence-electron chi connectivity index (χ0n) is 9.82. The highest BCUT2D eigenvalue weighted by Gasteiger charge is 2.01. The predicted octanol–water partition coefficient (Wildman–Crippen LogP) is 0.691. The zero-order valence-corrected chi connectivity index (χ0v) is 9.82. The molecule has 2 aromatic rings. The first-order valence-electron chi connectivity index (χ1n) is 5.52. The lowest BCUT2D eigenvalue weighted by atomic mass is 10.2. The first-order valence-corrected chi connectivity index (χ1v) is 5.52. The van der Waals surface area contributed by atoms with Crippen LogP contribution in [0.25, 0.3) is 5.82 Å². The zero-order chi connectivity index (χ0) is 12.1. The maximum absolute atomic E-state index is 8.82. The van der Waals surface area contributed by atoms with Crippen molar-refractivity contribution < 1.29 is 5.11 Å². The fraction of sp³-hybridized carbons (Fsp3) is 0.333. The van der Waals surface area contributed by atoms with Gasteiger partial charge in [-0.1, -0.05) is 6.07 Å². The minimum Gasteiger partial charge on any atom is -0.395 e. The number of rotatable bonds is 5. The first kappa shape index (κ1) is 11.8. The second-order valence-electron chi connectivity index (χ2n) is 3.96. The molecule has 0 spiro atoms. The number of nitrogens with zero attached hydrogens (tertiary/aromatic N) is 4. The Hall–Kier alpha value is -1.72. The molecule has 90 valence electrons. The summed E-state index contributed by atoms with van der Waals surface area (Å²) in [6.45, 7) is 1.64. The van der Waals surface area contributed by atoms with E-state index in [1.54, 1.807) is 12.5 Å². The molecular weight excluding hydrogens is 216 g/mol. The number of likely N-dealkylation sites (N-methyl/N-ethyl adjacent to an activating group) is 1. The number of imidazole rings is 1. The molecule has 0 aliphatic carbocycles. The van der Waals surface area contributed by atoms with E-state index in [-0.39, 0.29) is 6.61 Å². The Morgan fingerprint density at radius 3 is 2.88 bits per heavy atom. The molecule has 5 heteroatoms. The Balaban J connectivity index is 2.03. The van der Waals surface area contributed by atoms with E-state index in [2.05, 4.69) is 9.97 Å². The average molecular weight is 232 g/mol. The van der Waals surface area contributed by atoms with Gasteiger partial charge in [-0.3, -0.25) is 9.47 Å². The maximum atomic E-state index is 8.82. The van der Waals surface area contributed by atoms with Crippen LogP contribution in [0.5, 0.6) is 0 Å². The van der Waals surface area contributed by atoms with E-state index in [9.17, 15) is 0 Å². The van der Waals surface area contributed by atoms with Crippen molar-refractivity contribution >= 4 is 0 Å². The topological polar surface area (TPSA) is 54.2 Å². The van der Waals surface area contributed by atoms with Crippen LogP contribution in [-0.4, -0.2) is 44.7 Å². The standard InChI is InChI=1S/C12H16N4O/c1-15(6-7-17)9-11-2-3-12(14-8-11)16-5-4-13-10-16/h2-5,8,10,17H,6-7,9H2,1H3. The first-order chi connectivity index (χ1) is 8.29. The molecule has 2 aromatic heterocycles. The Morgan fingerprint density at radius 2 is 2.29 bits per heavy atom. The monoisotopic (exact) mass is 232 g/mol. The molecular formula is C12H16N4O. The van der Waals surface area contributed by atoms with Crippen LogP contribution in [-0.2, 0) is 6.54 Å². The summed E-state index contributed by atoms with van der Waals surface area (Å²) >= 11 is 0. The van der Waals surface area contributed by atoms with Crippen LogP contribution in [0.2, 0.25) is 0 Å². The van der Waals surface area contributed by atoms with Gasteiger partial charge in [0.2, 0.25) is 0 Å². The maximum Gasteiger partial charge on any atom is 0.137 e. The molecule has 0 atom stereocenters. The molecule has 0 aliphatic rings. The van der Waals surface area contributed by atoms with Crippen molar-refractivity contribution in [2.45, 2.75) is 6.54 Å². The van der Waals surface area contributed by atoms with Crippen LogP contribution >= 0.6 is 0 Å². The molecule has 0 saturated carbocycles. The van der Waals surface area contributed by atoms with E-state index in [1.807, 2.05) is 41.0 Å². The third-order valence-electron chi connectivity index (χ3n) is 2.51. The molecule has 0 aliphatic heterocycles. The lowest BCUT2D eigenvalue weighted by Crippen LogP contribution is -2.21. The number of aliphatic hydroxyl groups is 1. The van der Waals surface area contributed by atoms with Gasteiger partial charge in [0, 0.05) is 31.7 Å². The van der Waals surface area contributed by atoms with Gasteiger partial charge < -0.3 is 5.11 Å². The van der Waals surface area contributed by atoms with Crippen molar-refractivity contribution in [3.8, 4) is 5.82 Å². The summed E-state index contributed by atoms with van der Waals surface area (Å²) in [4.78, 5) is 10.4. The molecule has 0 radical (unpaired) electrons. The number of aliphatic hydroxyl groups excluding tert-OH is 1. The average Bonchev–Trinajstić information content (AvgIpc) is 2.84. The highest BCUT2D eigenvalue weighted by atomic mass is 16.3. The molecule has 2 heterocycles. The molecule has 17 heavy (non-hydrogen) atoms. The fourth-order valence-electron chi connectivity index (χ4n) is 1.62. The Labute approximate surface area is 100 Å². The van der Waals surface area contributed by atoms with Crippen LogP contribution in [0.1, 0.15) is 5.56 Å². The van der Waals surface area contributed by atoms with Gasteiger partial charge in [-0.05, 0) is 18.7 Å². The number of aromatic nitrogens is 3. The van der Waals surface area contributed by atoms with E-state index in [1.165, 1.54) is 0 Å². The van der Waals surface area contributed by atoms with Gasteiger partial charge in [0.05, 0.1) is 6.61 Å². The summed E-state index contributed by atoms with van der Waals surface area (Å²) in [6, 6.07) is 4.00. The Morgan fingerprint density at radius 1 is 1.41 bits per heavy atom. The minimum absolute atomic E-state index is 0.178. The normalized spacial score (nSPS) is 11.0. The van der Waals surface area contributed by atoms with Crippen LogP contribution in [0.15, 0.2) is 37.1 Å². The van der Waals surface area contributed by atoms with Crippen molar-refractivity contribution in [2.24, 2.45) is 0 Å². The van der Waals surface area contributed by atoms with Gasteiger partial charge >= 0.3 is 0 Å². The Kier molecular flexibility index (Phi) is 3.85. The predicted molar refractivity (Wildman–Crippen MR) is 64.8 cm³/mol. The van der Waals surface area contributed by atoms with Crippen molar-refractivity contribution in [3.63, 3.8) is 0 Å². The molecule has 0 aromatic carbocycles. The van der Waals surface area contributed by atoms with Gasteiger partial charge in [0.25, 0.3) is 0 Å². The third-order valence-corrected chi connectivity index (χ3v) is 2.51. The SMILES string of the molecule is CN(CCO)Cc1ccc(-n2ccnc2)nc1. The molecule has 0 unspecified atom stereocenters. The van der Waals surface area contributed by atoms with E-state index >= 15 is 0 Å². The molecule has 1 N–H and O–H groups in total. The van der Waals surface area contributed by atoms with E-state index in [4.69, 9.17) is 5.11 Å². The van der Waals surface area contributed by atoms with Crippen LogP contribution in [0, 0.1) is 0 Å².